The first kappa shape index (κ1) is 19.5. The number of hydrogen-bond acceptors (Lipinski definition) is 3. The first-order valence-corrected chi connectivity index (χ1v) is 9.70. The second-order valence-electron chi connectivity index (χ2n) is 7.19. The van der Waals surface area contributed by atoms with Crippen LogP contribution in [0.5, 0.6) is 0 Å². The number of carbonyl (C=O) groups is 1. The van der Waals surface area contributed by atoms with Gasteiger partial charge in [-0.2, -0.15) is 0 Å². The third kappa shape index (κ3) is 5.62. The number of halogens is 1. The highest BCUT2D eigenvalue weighted by Gasteiger charge is 2.21. The number of hydrogen-bond donors (Lipinski definition) is 2. The van der Waals surface area contributed by atoms with Crippen LogP contribution >= 0.6 is 11.6 Å². The molecular weight excluding hydrogens is 360 g/mol. The standard InChI is InChI=1S/C21H27ClN4O/c1-25(2)20-6-4-3-5-19(20)24-21(27)23-18-11-13-26(14-12-18)15-16-7-9-17(22)10-8-16/h3-10,18H,11-15H2,1-2H3,(H2,23,24,27). The van der Waals surface area contributed by atoms with Crippen LogP contribution in [0.3, 0.4) is 0 Å². The van der Waals surface area contributed by atoms with Crippen LogP contribution in [0.15, 0.2) is 48.5 Å². The molecule has 0 aromatic heterocycles. The molecule has 0 unspecified atom stereocenters. The molecule has 2 N–H and O–H groups in total. The van der Waals surface area contributed by atoms with Crippen molar-refractivity contribution in [1.82, 2.24) is 10.2 Å². The van der Waals surface area contributed by atoms with Crippen LogP contribution in [-0.4, -0.2) is 44.2 Å². The molecule has 0 saturated carbocycles. The van der Waals surface area contributed by atoms with E-state index >= 15 is 0 Å². The lowest BCUT2D eigenvalue weighted by molar-refractivity contribution is 0.190. The fourth-order valence-electron chi connectivity index (χ4n) is 3.40. The maximum absolute atomic E-state index is 12.4. The van der Waals surface area contributed by atoms with Crippen molar-refractivity contribution in [3.8, 4) is 0 Å². The Bertz CT molecular complexity index is 755. The summed E-state index contributed by atoms with van der Waals surface area (Å²) in [6.07, 6.45) is 1.91. The number of benzene rings is 2. The Balaban J connectivity index is 1.46. The van der Waals surface area contributed by atoms with E-state index in [0.29, 0.717) is 0 Å². The lowest BCUT2D eigenvalue weighted by atomic mass is 10.0. The van der Waals surface area contributed by atoms with Gasteiger partial charge in [0.05, 0.1) is 11.4 Å². The Morgan fingerprint density at radius 2 is 1.78 bits per heavy atom. The molecule has 3 rings (SSSR count). The Morgan fingerprint density at radius 3 is 2.44 bits per heavy atom. The Kier molecular flexibility index (Phi) is 6.58. The molecule has 6 heteroatoms. The number of nitrogens with one attached hydrogen (secondary N) is 2. The van der Waals surface area contributed by atoms with Gasteiger partial charge in [-0.3, -0.25) is 4.90 Å². The summed E-state index contributed by atoms with van der Waals surface area (Å²) in [4.78, 5) is 16.8. The van der Waals surface area contributed by atoms with Crippen LogP contribution in [-0.2, 0) is 6.54 Å². The van der Waals surface area contributed by atoms with Crippen LogP contribution in [0, 0.1) is 0 Å². The van der Waals surface area contributed by atoms with Gasteiger partial charge >= 0.3 is 6.03 Å². The molecule has 1 saturated heterocycles. The zero-order valence-corrected chi connectivity index (χ0v) is 16.7. The van der Waals surface area contributed by atoms with Crippen LogP contribution < -0.4 is 15.5 Å². The molecule has 1 heterocycles. The number of carbonyl (C=O) groups excluding carboxylic acids is 1. The van der Waals surface area contributed by atoms with Gasteiger partial charge in [-0.15, -0.1) is 0 Å². The van der Waals surface area contributed by atoms with Crippen molar-refractivity contribution >= 4 is 29.0 Å². The van der Waals surface area contributed by atoms with Crippen LogP contribution in [0.25, 0.3) is 0 Å². The number of piperidine rings is 1. The molecule has 2 aromatic rings. The Hall–Kier alpha value is -2.24. The highest BCUT2D eigenvalue weighted by molar-refractivity contribution is 6.30. The molecule has 27 heavy (non-hydrogen) atoms. The lowest BCUT2D eigenvalue weighted by Gasteiger charge is -2.32. The van der Waals surface area contributed by atoms with Gasteiger partial charge in [-0.05, 0) is 42.7 Å². The minimum atomic E-state index is -0.138. The summed E-state index contributed by atoms with van der Waals surface area (Å²) >= 11 is 5.94. The highest BCUT2D eigenvalue weighted by Crippen LogP contribution is 2.23. The average molecular weight is 387 g/mol. The fraction of sp³-hybridized carbons (Fsp3) is 0.381. The van der Waals surface area contributed by atoms with E-state index in [-0.39, 0.29) is 12.1 Å². The van der Waals surface area contributed by atoms with Gasteiger partial charge < -0.3 is 15.5 Å². The van der Waals surface area contributed by atoms with Gasteiger partial charge in [0.15, 0.2) is 0 Å². The molecular formula is C21H27ClN4O. The third-order valence-electron chi connectivity index (χ3n) is 4.88. The van der Waals surface area contributed by atoms with Crippen molar-refractivity contribution in [2.45, 2.75) is 25.4 Å². The van der Waals surface area contributed by atoms with Gasteiger partial charge in [-0.25, -0.2) is 4.79 Å². The number of para-hydroxylation sites is 2. The fourth-order valence-corrected chi connectivity index (χ4v) is 3.52. The molecule has 0 bridgehead atoms. The average Bonchev–Trinajstić information content (AvgIpc) is 2.65. The lowest BCUT2D eigenvalue weighted by Crippen LogP contribution is -2.45. The molecule has 1 aliphatic heterocycles. The summed E-state index contributed by atoms with van der Waals surface area (Å²) in [5.74, 6) is 0. The van der Waals surface area contributed by atoms with E-state index in [1.165, 1.54) is 5.56 Å². The number of nitrogens with zero attached hydrogens (tertiary/aromatic N) is 2. The maximum atomic E-state index is 12.4. The van der Waals surface area contributed by atoms with Crippen molar-refractivity contribution in [2.24, 2.45) is 0 Å². The Morgan fingerprint density at radius 1 is 1.11 bits per heavy atom. The topological polar surface area (TPSA) is 47.6 Å². The van der Waals surface area contributed by atoms with Crippen molar-refractivity contribution < 1.29 is 4.79 Å². The van der Waals surface area contributed by atoms with Crippen molar-refractivity contribution in [1.29, 1.82) is 0 Å². The molecule has 0 atom stereocenters. The van der Waals surface area contributed by atoms with E-state index in [4.69, 9.17) is 11.6 Å². The summed E-state index contributed by atoms with van der Waals surface area (Å²) in [7, 11) is 3.93. The quantitative estimate of drug-likeness (QED) is 0.809. The molecule has 144 valence electrons. The molecule has 2 amide bonds. The van der Waals surface area contributed by atoms with E-state index in [2.05, 4.69) is 27.7 Å². The molecule has 0 spiro atoms. The first-order valence-electron chi connectivity index (χ1n) is 9.32. The molecule has 5 nitrogen and oxygen atoms in total. The normalized spacial score (nSPS) is 15.4. The van der Waals surface area contributed by atoms with Gasteiger partial charge in [0.2, 0.25) is 0 Å². The van der Waals surface area contributed by atoms with Gasteiger partial charge in [0.25, 0.3) is 0 Å². The molecule has 0 radical (unpaired) electrons. The second kappa shape index (κ2) is 9.11. The summed E-state index contributed by atoms with van der Waals surface area (Å²) in [6.45, 7) is 2.87. The predicted molar refractivity (Wildman–Crippen MR) is 113 cm³/mol. The van der Waals surface area contributed by atoms with E-state index in [1.54, 1.807) is 0 Å². The third-order valence-corrected chi connectivity index (χ3v) is 5.13. The largest absolute Gasteiger partial charge is 0.376 e. The highest BCUT2D eigenvalue weighted by atomic mass is 35.5. The van der Waals surface area contributed by atoms with E-state index in [0.717, 1.165) is 48.9 Å². The number of likely N-dealkylation sites (tertiary alicyclic amines) is 1. The SMILES string of the molecule is CN(C)c1ccccc1NC(=O)NC1CCN(Cc2ccc(Cl)cc2)CC1. The summed E-state index contributed by atoms with van der Waals surface area (Å²) in [5.41, 5.74) is 3.08. The van der Waals surface area contributed by atoms with E-state index < -0.39 is 0 Å². The smallest absolute Gasteiger partial charge is 0.319 e. The van der Waals surface area contributed by atoms with Gasteiger partial charge in [0, 0.05) is 44.8 Å². The second-order valence-corrected chi connectivity index (χ2v) is 7.62. The summed E-state index contributed by atoms with van der Waals surface area (Å²) in [6, 6.07) is 15.9. The molecule has 1 fully saturated rings. The van der Waals surface area contributed by atoms with Crippen LogP contribution in [0.4, 0.5) is 16.2 Å². The molecule has 2 aromatic carbocycles. The number of amides is 2. The molecule has 1 aliphatic rings. The zero-order valence-electron chi connectivity index (χ0n) is 15.9. The van der Waals surface area contributed by atoms with Gasteiger partial charge in [0.1, 0.15) is 0 Å². The monoisotopic (exact) mass is 386 g/mol. The number of urea groups is 1. The summed E-state index contributed by atoms with van der Waals surface area (Å²) < 4.78 is 0. The number of rotatable bonds is 5. The van der Waals surface area contributed by atoms with Crippen LogP contribution in [0.2, 0.25) is 5.02 Å². The van der Waals surface area contributed by atoms with Crippen LogP contribution in [0.1, 0.15) is 18.4 Å². The van der Waals surface area contributed by atoms with Crippen molar-refractivity contribution in [3.05, 3.63) is 59.1 Å². The van der Waals surface area contributed by atoms with E-state index in [1.807, 2.05) is 55.4 Å². The number of anilines is 2. The maximum Gasteiger partial charge on any atom is 0.319 e. The zero-order chi connectivity index (χ0) is 19.2. The Labute approximate surface area is 166 Å². The van der Waals surface area contributed by atoms with Crippen molar-refractivity contribution in [2.75, 3.05) is 37.4 Å². The van der Waals surface area contributed by atoms with Crippen molar-refractivity contribution in [3.63, 3.8) is 0 Å². The van der Waals surface area contributed by atoms with E-state index in [9.17, 15) is 4.79 Å². The molecule has 0 aliphatic carbocycles. The summed E-state index contributed by atoms with van der Waals surface area (Å²) in [5, 5.41) is 6.86. The minimum Gasteiger partial charge on any atom is -0.376 e. The van der Waals surface area contributed by atoms with Gasteiger partial charge in [-0.1, -0.05) is 35.9 Å². The first-order chi connectivity index (χ1) is 13.0. The minimum absolute atomic E-state index is 0.138. The predicted octanol–water partition coefficient (Wildman–Crippen LogP) is 4.19.